The molecule has 46 heavy (non-hydrogen) atoms. The lowest BCUT2D eigenvalue weighted by Gasteiger charge is -2.44. The summed E-state index contributed by atoms with van der Waals surface area (Å²) in [5, 5.41) is 12.4. The maximum Gasteiger partial charge on any atom is 0.268 e. The molecular formula is C33H39N5O5S3. The van der Waals surface area contributed by atoms with Gasteiger partial charge in [0.15, 0.2) is 0 Å². The fraction of sp³-hybridized carbons (Fsp3) is 0.394. The molecule has 0 spiro atoms. The standard InChI is InChI=1S/C33H39N5O5S3/c34-30(40)31-37(19-21-44-31)33(32(41)35-29(26-9-5-2-6-10-26)16-18-36-17-15-27(39)23-36)38(20-22-45-33)46(42,43)28-13-11-25(12-14-28)24-7-3-1-4-8-24/h1-14,27,29,31,39H,15-23H2,(H2,34,40)(H,35,41). The molecule has 4 N–H and O–H groups in total. The van der Waals surface area contributed by atoms with Crippen molar-refractivity contribution in [2.75, 3.05) is 44.2 Å². The van der Waals surface area contributed by atoms with Crippen LogP contribution in [-0.2, 0) is 19.6 Å². The Morgan fingerprint density at radius 1 is 0.935 bits per heavy atom. The summed E-state index contributed by atoms with van der Waals surface area (Å²) < 4.78 is 30.2. The van der Waals surface area contributed by atoms with Crippen LogP contribution >= 0.6 is 23.5 Å². The van der Waals surface area contributed by atoms with Crippen molar-refractivity contribution in [3.63, 3.8) is 0 Å². The van der Waals surface area contributed by atoms with E-state index in [0.29, 0.717) is 44.0 Å². The van der Waals surface area contributed by atoms with Gasteiger partial charge in [-0.3, -0.25) is 9.59 Å². The summed E-state index contributed by atoms with van der Waals surface area (Å²) in [4.78, 5) is 29.6. The molecule has 6 rings (SSSR count). The second kappa shape index (κ2) is 14.1. The van der Waals surface area contributed by atoms with Crippen LogP contribution in [0.5, 0.6) is 0 Å². The molecular weight excluding hydrogens is 643 g/mol. The number of amides is 2. The molecule has 3 fully saturated rings. The molecule has 0 saturated carbocycles. The van der Waals surface area contributed by atoms with E-state index in [2.05, 4.69) is 10.2 Å². The molecule has 3 saturated heterocycles. The number of hydrogen-bond donors (Lipinski definition) is 3. The van der Waals surface area contributed by atoms with Crippen molar-refractivity contribution in [3.8, 4) is 11.1 Å². The number of nitrogens with two attached hydrogens (primary N) is 1. The third-order valence-electron chi connectivity index (χ3n) is 8.79. The van der Waals surface area contributed by atoms with Gasteiger partial charge >= 0.3 is 0 Å². The van der Waals surface area contributed by atoms with Crippen LogP contribution in [0.1, 0.15) is 24.4 Å². The average Bonchev–Trinajstić information content (AvgIpc) is 3.84. The number of nitrogens with one attached hydrogen (secondary N) is 1. The number of aliphatic hydroxyl groups is 1. The summed E-state index contributed by atoms with van der Waals surface area (Å²) in [6.07, 6.45) is 0.912. The molecule has 3 aromatic rings. The molecule has 10 nitrogen and oxygen atoms in total. The van der Waals surface area contributed by atoms with E-state index in [1.54, 1.807) is 29.2 Å². The van der Waals surface area contributed by atoms with Crippen LogP contribution in [0.25, 0.3) is 11.1 Å². The minimum Gasteiger partial charge on any atom is -0.392 e. The maximum absolute atomic E-state index is 14.8. The molecule has 0 radical (unpaired) electrons. The van der Waals surface area contributed by atoms with Gasteiger partial charge in [-0.2, -0.15) is 4.31 Å². The quantitative estimate of drug-likeness (QED) is 0.279. The minimum atomic E-state index is -4.20. The number of benzene rings is 3. The number of sulfonamides is 1. The van der Waals surface area contributed by atoms with E-state index in [1.165, 1.54) is 27.8 Å². The molecule has 4 atom stereocenters. The highest BCUT2D eigenvalue weighted by Crippen LogP contribution is 2.47. The van der Waals surface area contributed by atoms with Crippen LogP contribution in [-0.4, -0.2) is 100 Å². The second-order valence-electron chi connectivity index (χ2n) is 11.7. The number of carbonyl (C=O) groups excluding carboxylic acids is 2. The van der Waals surface area contributed by atoms with Gasteiger partial charge in [-0.25, -0.2) is 13.3 Å². The zero-order valence-electron chi connectivity index (χ0n) is 25.4. The Morgan fingerprint density at radius 3 is 2.26 bits per heavy atom. The monoisotopic (exact) mass is 681 g/mol. The lowest BCUT2D eigenvalue weighted by Crippen LogP contribution is -2.67. The first-order chi connectivity index (χ1) is 22.2. The van der Waals surface area contributed by atoms with Gasteiger partial charge in [0, 0.05) is 44.2 Å². The SMILES string of the molecule is NC(=O)C1SCCN1C1(C(=O)NC(CCN2CCC(O)C2)c2ccccc2)SCCN1S(=O)(=O)c1ccc(-c2ccccc2)cc1. The van der Waals surface area contributed by atoms with Gasteiger partial charge in [0.2, 0.25) is 20.9 Å². The van der Waals surface area contributed by atoms with Gasteiger partial charge in [-0.05, 0) is 41.7 Å². The fourth-order valence-electron chi connectivity index (χ4n) is 6.49. The topological polar surface area (TPSA) is 136 Å². The highest BCUT2D eigenvalue weighted by atomic mass is 32.2. The smallest absolute Gasteiger partial charge is 0.268 e. The summed E-state index contributed by atoms with van der Waals surface area (Å²) in [5.74, 6) is -0.215. The second-order valence-corrected chi connectivity index (χ2v) is 16.0. The predicted octanol–water partition coefficient (Wildman–Crippen LogP) is 2.92. The number of likely N-dealkylation sites (tertiary alicyclic amines) is 1. The minimum absolute atomic E-state index is 0.0709. The van der Waals surface area contributed by atoms with Crippen molar-refractivity contribution in [1.29, 1.82) is 0 Å². The summed E-state index contributed by atoms with van der Waals surface area (Å²) in [5.41, 5.74) is 8.57. The molecule has 3 aromatic carbocycles. The van der Waals surface area contributed by atoms with Crippen molar-refractivity contribution in [2.24, 2.45) is 5.73 Å². The van der Waals surface area contributed by atoms with Crippen molar-refractivity contribution in [2.45, 2.75) is 40.3 Å². The van der Waals surface area contributed by atoms with Crippen LogP contribution in [0.2, 0.25) is 0 Å². The molecule has 0 aliphatic carbocycles. The number of hydrogen-bond acceptors (Lipinski definition) is 9. The zero-order valence-corrected chi connectivity index (χ0v) is 27.9. The van der Waals surface area contributed by atoms with Crippen LogP contribution in [0.3, 0.4) is 0 Å². The number of primary amides is 1. The molecule has 13 heteroatoms. The number of β-amino-alcohol motifs (C(OH)–C–C–N with tert-alkyl or cyclic N) is 1. The van der Waals surface area contributed by atoms with Crippen molar-refractivity contribution in [3.05, 3.63) is 90.5 Å². The first-order valence-electron chi connectivity index (χ1n) is 15.5. The Kier molecular flexibility index (Phi) is 10.1. The molecule has 244 valence electrons. The highest BCUT2D eigenvalue weighted by molar-refractivity contribution is 8.03. The molecule has 4 unspecified atom stereocenters. The molecule has 3 heterocycles. The van der Waals surface area contributed by atoms with E-state index >= 15 is 0 Å². The lowest BCUT2D eigenvalue weighted by atomic mass is 10.0. The summed E-state index contributed by atoms with van der Waals surface area (Å²) in [6.45, 7) is 2.41. The Hall–Kier alpha value is -2.91. The van der Waals surface area contributed by atoms with E-state index in [4.69, 9.17) is 5.73 Å². The Labute approximate surface area is 278 Å². The van der Waals surface area contributed by atoms with Crippen LogP contribution in [0, 0.1) is 0 Å². The van der Waals surface area contributed by atoms with Crippen LogP contribution < -0.4 is 11.1 Å². The third-order valence-corrected chi connectivity index (χ3v) is 13.5. The predicted molar refractivity (Wildman–Crippen MR) is 182 cm³/mol. The van der Waals surface area contributed by atoms with Gasteiger partial charge in [0.1, 0.15) is 5.37 Å². The zero-order chi connectivity index (χ0) is 32.3. The van der Waals surface area contributed by atoms with E-state index in [1.807, 2.05) is 60.7 Å². The number of carbonyl (C=O) groups is 2. The molecule has 3 aliphatic rings. The molecule has 3 aliphatic heterocycles. The van der Waals surface area contributed by atoms with Crippen LogP contribution in [0.15, 0.2) is 89.8 Å². The highest BCUT2D eigenvalue weighted by Gasteiger charge is 2.61. The van der Waals surface area contributed by atoms with E-state index in [-0.39, 0.29) is 17.5 Å². The van der Waals surface area contributed by atoms with Gasteiger partial charge in [0.25, 0.3) is 5.91 Å². The average molecular weight is 682 g/mol. The van der Waals surface area contributed by atoms with E-state index in [0.717, 1.165) is 23.2 Å². The van der Waals surface area contributed by atoms with E-state index in [9.17, 15) is 23.1 Å². The normalized spacial score (nSPS) is 25.1. The fourth-order valence-corrected chi connectivity index (χ4v) is 11.2. The van der Waals surface area contributed by atoms with Crippen LogP contribution in [0.4, 0.5) is 0 Å². The maximum atomic E-state index is 14.8. The first kappa shape index (κ1) is 33.0. The molecule has 0 aromatic heterocycles. The summed E-state index contributed by atoms with van der Waals surface area (Å²) in [6, 6.07) is 25.6. The summed E-state index contributed by atoms with van der Waals surface area (Å²) >= 11 is 2.54. The number of rotatable bonds is 11. The van der Waals surface area contributed by atoms with Gasteiger partial charge in [-0.1, -0.05) is 72.8 Å². The number of nitrogens with zero attached hydrogens (tertiary/aromatic N) is 3. The largest absolute Gasteiger partial charge is 0.392 e. The lowest BCUT2D eigenvalue weighted by molar-refractivity contribution is -0.136. The first-order valence-corrected chi connectivity index (χ1v) is 18.9. The van der Waals surface area contributed by atoms with Gasteiger partial charge < -0.3 is 21.1 Å². The number of thioether (sulfide) groups is 2. The third kappa shape index (κ3) is 6.59. The molecule has 0 bridgehead atoms. The molecule has 2 amide bonds. The van der Waals surface area contributed by atoms with Crippen molar-refractivity contribution < 1.29 is 23.1 Å². The van der Waals surface area contributed by atoms with E-state index < -0.39 is 38.2 Å². The Balaban J connectivity index is 1.35. The number of aliphatic hydroxyl groups excluding tert-OH is 1. The Bertz CT molecular complexity index is 1630. The van der Waals surface area contributed by atoms with Gasteiger partial charge in [0.05, 0.1) is 17.0 Å². The van der Waals surface area contributed by atoms with Gasteiger partial charge in [-0.15, -0.1) is 23.5 Å². The van der Waals surface area contributed by atoms with Crippen molar-refractivity contribution >= 4 is 45.4 Å². The van der Waals surface area contributed by atoms with Crippen molar-refractivity contribution in [1.82, 2.24) is 19.4 Å². The Morgan fingerprint density at radius 2 is 1.61 bits per heavy atom. The summed E-state index contributed by atoms with van der Waals surface area (Å²) in [7, 11) is -4.20.